The molecule has 0 aliphatic rings. The molecule has 1 aromatic rings. The lowest BCUT2D eigenvalue weighted by molar-refractivity contribution is 0.144. The Labute approximate surface area is 93.7 Å². The fraction of sp³-hybridized carbons (Fsp3) is 0.286. The minimum Gasteiger partial charge on any atom is -0.254 e. The summed E-state index contributed by atoms with van der Waals surface area (Å²) in [6, 6.07) is 0. The Bertz CT molecular complexity index is 490. The first kappa shape index (κ1) is 12.5. The van der Waals surface area contributed by atoms with E-state index in [-0.39, 0.29) is 14.9 Å². The highest BCUT2D eigenvalue weighted by molar-refractivity contribution is 9.10. The summed E-state index contributed by atoms with van der Waals surface area (Å²) < 4.78 is 46.8. The number of rotatable bonds is 2. The largest absolute Gasteiger partial charge is 0.281 e. The van der Waals surface area contributed by atoms with Crippen LogP contribution in [0.25, 0.3) is 0 Å². The van der Waals surface area contributed by atoms with Crippen molar-refractivity contribution in [3.05, 3.63) is 21.9 Å². The smallest absolute Gasteiger partial charge is 0.254 e. The Morgan fingerprint density at radius 1 is 1.53 bits per heavy atom. The molecular formula is C7H7BrF2N2O2S. The van der Waals surface area contributed by atoms with Crippen LogP contribution in [0.3, 0.4) is 0 Å². The molecule has 0 bridgehead atoms. The number of hydrogen-bond acceptors (Lipinski definition) is 3. The molecule has 4 nitrogen and oxygen atoms in total. The Balaban J connectivity index is 3.59. The van der Waals surface area contributed by atoms with Gasteiger partial charge < -0.3 is 0 Å². The van der Waals surface area contributed by atoms with Gasteiger partial charge in [-0.15, -0.1) is 0 Å². The van der Waals surface area contributed by atoms with Crippen molar-refractivity contribution in [2.45, 2.75) is 18.2 Å². The third-order valence-corrected chi connectivity index (χ3v) is 3.83. The molecule has 1 rings (SSSR count). The number of alkyl halides is 2. The van der Waals surface area contributed by atoms with Gasteiger partial charge in [0.15, 0.2) is 0 Å². The van der Waals surface area contributed by atoms with Gasteiger partial charge in [-0.25, -0.2) is 22.3 Å². The van der Waals surface area contributed by atoms with Gasteiger partial charge in [-0.2, -0.15) is 0 Å². The maximum absolute atomic E-state index is 12.4. The summed E-state index contributed by atoms with van der Waals surface area (Å²) in [7, 11) is -4.04. The summed E-state index contributed by atoms with van der Waals surface area (Å²) in [6.07, 6.45) is -1.81. The van der Waals surface area contributed by atoms with Crippen LogP contribution in [0, 0.1) is 6.92 Å². The Kier molecular flexibility index (Phi) is 3.41. The van der Waals surface area contributed by atoms with Gasteiger partial charge in [0.1, 0.15) is 10.6 Å². The Hall–Kier alpha value is -0.600. The Morgan fingerprint density at radius 3 is 2.47 bits per heavy atom. The molecule has 84 valence electrons. The first-order valence-electron chi connectivity index (χ1n) is 3.71. The average Bonchev–Trinajstić information content (AvgIpc) is 2.00. The van der Waals surface area contributed by atoms with Crippen LogP contribution in [-0.4, -0.2) is 13.4 Å². The van der Waals surface area contributed by atoms with Crippen LogP contribution in [0.2, 0.25) is 0 Å². The van der Waals surface area contributed by atoms with Crippen molar-refractivity contribution in [3.63, 3.8) is 0 Å². The second-order valence-electron chi connectivity index (χ2n) is 2.82. The maximum Gasteiger partial charge on any atom is 0.281 e. The molecule has 2 N–H and O–H groups in total. The van der Waals surface area contributed by atoms with E-state index in [4.69, 9.17) is 5.14 Å². The van der Waals surface area contributed by atoms with E-state index in [1.54, 1.807) is 0 Å². The first-order chi connectivity index (χ1) is 6.75. The maximum atomic E-state index is 12.4. The minimum atomic E-state index is -4.04. The van der Waals surface area contributed by atoms with Gasteiger partial charge in [0.25, 0.3) is 6.43 Å². The van der Waals surface area contributed by atoms with Gasteiger partial charge in [-0.05, 0) is 28.4 Å². The second-order valence-corrected chi connectivity index (χ2v) is 5.11. The molecule has 0 atom stereocenters. The van der Waals surface area contributed by atoms with E-state index in [2.05, 4.69) is 20.9 Å². The van der Waals surface area contributed by atoms with Crippen LogP contribution in [0.15, 0.2) is 15.6 Å². The van der Waals surface area contributed by atoms with E-state index in [0.717, 1.165) is 6.20 Å². The number of nitrogens with two attached hydrogens (primary N) is 1. The third-order valence-electron chi connectivity index (χ3n) is 1.67. The monoisotopic (exact) mass is 300 g/mol. The number of nitrogens with zero attached hydrogens (tertiary/aromatic N) is 1. The molecule has 0 saturated heterocycles. The molecule has 0 aliphatic carbocycles. The molecule has 1 heterocycles. The minimum absolute atomic E-state index is 0.216. The molecular weight excluding hydrogens is 294 g/mol. The standard InChI is InChI=1S/C7H7BrF2N2O2S/c1-3-2-12-5(7(9)10)4(8)6(3)15(11,13)14/h2,7H,1H3,(H2,11,13,14). The average molecular weight is 301 g/mol. The van der Waals surface area contributed by atoms with E-state index in [9.17, 15) is 17.2 Å². The van der Waals surface area contributed by atoms with Crippen molar-refractivity contribution in [3.8, 4) is 0 Å². The van der Waals surface area contributed by atoms with E-state index in [1.165, 1.54) is 6.92 Å². The zero-order valence-corrected chi connectivity index (χ0v) is 9.94. The summed E-state index contributed by atoms with van der Waals surface area (Å²) >= 11 is 2.77. The molecule has 0 aliphatic heterocycles. The Morgan fingerprint density at radius 2 is 2.07 bits per heavy atom. The molecule has 0 amide bonds. The highest BCUT2D eigenvalue weighted by Gasteiger charge is 2.23. The van der Waals surface area contributed by atoms with Crippen molar-refractivity contribution >= 4 is 26.0 Å². The number of hydrogen-bond donors (Lipinski definition) is 1. The van der Waals surface area contributed by atoms with Crippen LogP contribution in [0.5, 0.6) is 0 Å². The van der Waals surface area contributed by atoms with Crippen LogP contribution >= 0.6 is 15.9 Å². The SMILES string of the molecule is Cc1cnc(C(F)F)c(Br)c1S(N)(=O)=O. The fourth-order valence-electron chi connectivity index (χ4n) is 1.07. The van der Waals surface area contributed by atoms with E-state index in [1.807, 2.05) is 0 Å². The summed E-state index contributed by atoms with van der Waals surface area (Å²) in [4.78, 5) is 3.08. The number of aromatic nitrogens is 1. The molecule has 1 aromatic heterocycles. The van der Waals surface area contributed by atoms with Gasteiger partial charge in [0.2, 0.25) is 10.0 Å². The van der Waals surface area contributed by atoms with E-state index >= 15 is 0 Å². The predicted octanol–water partition coefficient (Wildman–Crippen LogP) is 1.74. The number of sulfonamides is 1. The van der Waals surface area contributed by atoms with Crippen LogP contribution < -0.4 is 5.14 Å². The summed E-state index contributed by atoms with van der Waals surface area (Å²) in [5.41, 5.74) is -0.418. The molecule has 15 heavy (non-hydrogen) atoms. The van der Waals surface area contributed by atoms with Crippen LogP contribution in [-0.2, 0) is 10.0 Å². The molecule has 0 spiro atoms. The van der Waals surface area contributed by atoms with Gasteiger partial charge >= 0.3 is 0 Å². The highest BCUT2D eigenvalue weighted by atomic mass is 79.9. The third kappa shape index (κ3) is 2.50. The topological polar surface area (TPSA) is 73.0 Å². The number of halogens is 3. The summed E-state index contributed by atoms with van der Waals surface area (Å²) in [5.74, 6) is 0. The molecule has 0 radical (unpaired) electrons. The number of primary sulfonamides is 1. The lowest BCUT2D eigenvalue weighted by Gasteiger charge is -2.09. The van der Waals surface area contributed by atoms with Crippen molar-refractivity contribution in [1.29, 1.82) is 0 Å². The zero-order valence-electron chi connectivity index (χ0n) is 7.54. The lowest BCUT2D eigenvalue weighted by Crippen LogP contribution is -2.16. The highest BCUT2D eigenvalue weighted by Crippen LogP contribution is 2.31. The number of aryl methyl sites for hydroxylation is 1. The molecule has 0 aromatic carbocycles. The molecule has 0 unspecified atom stereocenters. The fourth-order valence-corrected chi connectivity index (χ4v) is 3.19. The quantitative estimate of drug-likeness (QED) is 0.904. The summed E-state index contributed by atoms with van der Waals surface area (Å²) in [6.45, 7) is 1.42. The molecule has 0 saturated carbocycles. The van der Waals surface area contributed by atoms with Crippen molar-refractivity contribution < 1.29 is 17.2 Å². The normalized spacial score (nSPS) is 12.1. The van der Waals surface area contributed by atoms with Crippen molar-refractivity contribution in [1.82, 2.24) is 4.98 Å². The molecule has 8 heteroatoms. The van der Waals surface area contributed by atoms with Gasteiger partial charge in [0, 0.05) is 6.20 Å². The first-order valence-corrected chi connectivity index (χ1v) is 6.05. The van der Waals surface area contributed by atoms with Crippen molar-refractivity contribution in [2.24, 2.45) is 5.14 Å². The number of pyridine rings is 1. The van der Waals surface area contributed by atoms with Gasteiger partial charge in [-0.3, -0.25) is 4.98 Å². The second kappa shape index (κ2) is 4.11. The van der Waals surface area contributed by atoms with Crippen molar-refractivity contribution in [2.75, 3.05) is 0 Å². The van der Waals surface area contributed by atoms with Gasteiger partial charge in [0.05, 0.1) is 4.47 Å². The van der Waals surface area contributed by atoms with Crippen LogP contribution in [0.4, 0.5) is 8.78 Å². The predicted molar refractivity (Wildman–Crippen MR) is 53.0 cm³/mol. The lowest BCUT2D eigenvalue weighted by atomic mass is 10.3. The summed E-state index contributed by atoms with van der Waals surface area (Å²) in [5, 5.41) is 4.90. The van der Waals surface area contributed by atoms with E-state index in [0.29, 0.717) is 0 Å². The van der Waals surface area contributed by atoms with Crippen LogP contribution in [0.1, 0.15) is 17.7 Å². The molecule has 0 fully saturated rings. The van der Waals surface area contributed by atoms with E-state index < -0.39 is 22.1 Å². The zero-order chi connectivity index (χ0) is 11.8. The van der Waals surface area contributed by atoms with Gasteiger partial charge in [-0.1, -0.05) is 0 Å².